The number of carboxylic acids is 1. The molecule has 1 heterocycles. The molecular weight excluding hydrogens is 332 g/mol. The largest absolute Gasteiger partial charge is 0.481 e. The highest BCUT2D eigenvalue weighted by atomic mass is 35.5. The lowest BCUT2D eigenvalue weighted by molar-refractivity contribution is -0.137. The van der Waals surface area contributed by atoms with E-state index in [1.165, 1.54) is 0 Å². The summed E-state index contributed by atoms with van der Waals surface area (Å²) in [6, 6.07) is 6.94. The number of amides is 2. The Kier molecular flexibility index (Phi) is 6.20. The molecule has 0 radical (unpaired) electrons. The zero-order valence-corrected chi connectivity index (χ0v) is 14.0. The average molecular weight is 351 g/mol. The van der Waals surface area contributed by atoms with Crippen LogP contribution in [-0.4, -0.2) is 33.4 Å². The number of halogens is 1. The quantitative estimate of drug-likeness (QED) is 0.668. The molecule has 2 aromatic rings. The van der Waals surface area contributed by atoms with E-state index in [1.54, 1.807) is 16.9 Å². The molecule has 0 atom stereocenters. The first-order chi connectivity index (χ1) is 11.5. The van der Waals surface area contributed by atoms with Crippen molar-refractivity contribution in [1.82, 2.24) is 15.1 Å². The van der Waals surface area contributed by atoms with E-state index in [1.807, 2.05) is 25.1 Å². The van der Waals surface area contributed by atoms with Crippen LogP contribution in [-0.2, 0) is 11.2 Å². The molecule has 0 aliphatic rings. The lowest BCUT2D eigenvalue weighted by atomic mass is 10.2. The number of nitrogens with zero attached hydrogens (tertiary/aromatic N) is 2. The van der Waals surface area contributed by atoms with Crippen molar-refractivity contribution < 1.29 is 14.7 Å². The maximum atomic E-state index is 11.9. The first kappa shape index (κ1) is 17.8. The van der Waals surface area contributed by atoms with Crippen LogP contribution in [0.5, 0.6) is 0 Å². The number of para-hydroxylation sites is 1. The van der Waals surface area contributed by atoms with E-state index in [9.17, 15) is 9.59 Å². The number of anilines is 1. The van der Waals surface area contributed by atoms with E-state index < -0.39 is 12.0 Å². The van der Waals surface area contributed by atoms with Gasteiger partial charge in [0.15, 0.2) is 0 Å². The number of aliphatic carboxylic acids is 1. The number of carbonyl (C=O) groups excluding carboxylic acids is 1. The maximum Gasteiger partial charge on any atom is 0.319 e. The first-order valence-corrected chi connectivity index (χ1v) is 7.99. The number of carbonyl (C=O) groups is 2. The van der Waals surface area contributed by atoms with Crippen LogP contribution in [0.4, 0.5) is 10.5 Å². The highest BCUT2D eigenvalue weighted by molar-refractivity contribution is 6.32. The Morgan fingerprint density at radius 3 is 2.75 bits per heavy atom. The van der Waals surface area contributed by atoms with E-state index in [2.05, 4.69) is 15.7 Å². The van der Waals surface area contributed by atoms with Gasteiger partial charge in [-0.05, 0) is 25.0 Å². The van der Waals surface area contributed by atoms with Gasteiger partial charge in [-0.2, -0.15) is 5.10 Å². The summed E-state index contributed by atoms with van der Waals surface area (Å²) in [6.07, 6.45) is 2.62. The summed E-state index contributed by atoms with van der Waals surface area (Å²) in [4.78, 5) is 22.3. The maximum absolute atomic E-state index is 11.9. The summed E-state index contributed by atoms with van der Waals surface area (Å²) in [7, 11) is 0. The molecule has 1 aromatic carbocycles. The molecule has 3 N–H and O–H groups in total. The number of rotatable bonds is 7. The molecule has 1 aromatic heterocycles. The Morgan fingerprint density at radius 1 is 1.33 bits per heavy atom. The van der Waals surface area contributed by atoms with Gasteiger partial charge in [-0.1, -0.05) is 30.7 Å². The molecule has 7 nitrogen and oxygen atoms in total. The van der Waals surface area contributed by atoms with Crippen molar-refractivity contribution in [1.29, 1.82) is 0 Å². The van der Waals surface area contributed by atoms with Crippen molar-refractivity contribution in [3.63, 3.8) is 0 Å². The molecule has 8 heteroatoms. The minimum absolute atomic E-state index is 0.0188. The van der Waals surface area contributed by atoms with Gasteiger partial charge in [0.05, 0.1) is 28.3 Å². The SMILES string of the molecule is CCc1c(NC(=O)NCCCC(=O)O)cnn1-c1ccccc1Cl. The third-order valence-corrected chi connectivity index (χ3v) is 3.71. The molecule has 0 aliphatic heterocycles. The van der Waals surface area contributed by atoms with Crippen LogP contribution < -0.4 is 10.6 Å². The molecule has 0 saturated carbocycles. The van der Waals surface area contributed by atoms with E-state index in [0.717, 1.165) is 11.4 Å². The summed E-state index contributed by atoms with van der Waals surface area (Å²) in [5.41, 5.74) is 2.16. The normalized spacial score (nSPS) is 10.4. The second kappa shape index (κ2) is 8.35. The second-order valence-electron chi connectivity index (χ2n) is 5.10. The molecule has 0 fully saturated rings. The molecule has 24 heavy (non-hydrogen) atoms. The van der Waals surface area contributed by atoms with Gasteiger partial charge < -0.3 is 15.7 Å². The van der Waals surface area contributed by atoms with E-state index in [0.29, 0.717) is 23.6 Å². The van der Waals surface area contributed by atoms with Crippen molar-refractivity contribution in [3.05, 3.63) is 41.2 Å². The zero-order valence-electron chi connectivity index (χ0n) is 13.3. The summed E-state index contributed by atoms with van der Waals surface area (Å²) < 4.78 is 1.70. The Hall–Kier alpha value is -2.54. The first-order valence-electron chi connectivity index (χ1n) is 7.61. The molecule has 0 bridgehead atoms. The highest BCUT2D eigenvalue weighted by Crippen LogP contribution is 2.25. The third-order valence-electron chi connectivity index (χ3n) is 3.39. The number of nitrogens with one attached hydrogen (secondary N) is 2. The minimum atomic E-state index is -0.883. The smallest absolute Gasteiger partial charge is 0.319 e. The van der Waals surface area contributed by atoms with Crippen LogP contribution in [0.3, 0.4) is 0 Å². The molecule has 0 unspecified atom stereocenters. The lowest BCUT2D eigenvalue weighted by Crippen LogP contribution is -2.30. The van der Waals surface area contributed by atoms with Crippen LogP contribution in [0.1, 0.15) is 25.5 Å². The van der Waals surface area contributed by atoms with Gasteiger partial charge in [0.1, 0.15) is 0 Å². The van der Waals surface area contributed by atoms with Crippen LogP contribution in [0.15, 0.2) is 30.5 Å². The predicted octanol–water partition coefficient (Wildman–Crippen LogP) is 3.07. The standard InChI is InChI=1S/C16H19ClN4O3/c1-2-13-12(20-16(24)18-9-5-8-15(22)23)10-19-21(13)14-7-4-3-6-11(14)17/h3-4,6-7,10H,2,5,8-9H2,1H3,(H,22,23)(H2,18,20,24). The fourth-order valence-corrected chi connectivity index (χ4v) is 2.47. The van der Waals surface area contributed by atoms with E-state index >= 15 is 0 Å². The summed E-state index contributed by atoms with van der Waals surface area (Å²) in [6.45, 7) is 2.25. The Balaban J connectivity index is 2.05. The minimum Gasteiger partial charge on any atom is -0.481 e. The Morgan fingerprint density at radius 2 is 2.08 bits per heavy atom. The van der Waals surface area contributed by atoms with Crippen molar-refractivity contribution in [2.75, 3.05) is 11.9 Å². The Labute approximate surface area is 144 Å². The molecule has 0 spiro atoms. The van der Waals surface area contributed by atoms with Crippen LogP contribution >= 0.6 is 11.6 Å². The number of benzene rings is 1. The fraction of sp³-hybridized carbons (Fsp3) is 0.312. The number of aromatic nitrogens is 2. The van der Waals surface area contributed by atoms with Crippen molar-refractivity contribution in [2.45, 2.75) is 26.2 Å². The molecule has 0 saturated heterocycles. The van der Waals surface area contributed by atoms with Gasteiger partial charge >= 0.3 is 12.0 Å². The molecule has 128 valence electrons. The lowest BCUT2D eigenvalue weighted by Gasteiger charge is -2.10. The van der Waals surface area contributed by atoms with E-state index in [4.69, 9.17) is 16.7 Å². The number of hydrogen-bond acceptors (Lipinski definition) is 3. The number of hydrogen-bond donors (Lipinski definition) is 3. The summed E-state index contributed by atoms with van der Waals surface area (Å²) in [5, 5.41) is 18.8. The summed E-state index contributed by atoms with van der Waals surface area (Å²) >= 11 is 6.20. The van der Waals surface area contributed by atoms with Crippen molar-refractivity contribution >= 4 is 29.3 Å². The van der Waals surface area contributed by atoms with Crippen LogP contribution in [0.25, 0.3) is 5.69 Å². The third kappa shape index (κ3) is 4.48. The molecule has 2 rings (SSSR count). The fourth-order valence-electron chi connectivity index (χ4n) is 2.26. The van der Waals surface area contributed by atoms with Gasteiger partial charge in [0, 0.05) is 13.0 Å². The van der Waals surface area contributed by atoms with Crippen LogP contribution in [0, 0.1) is 0 Å². The van der Waals surface area contributed by atoms with Gasteiger partial charge in [0.25, 0.3) is 0 Å². The van der Waals surface area contributed by atoms with Crippen LogP contribution in [0.2, 0.25) is 5.02 Å². The Bertz CT molecular complexity index is 730. The van der Waals surface area contributed by atoms with Gasteiger partial charge in [-0.25, -0.2) is 9.48 Å². The average Bonchev–Trinajstić information content (AvgIpc) is 2.94. The molecule has 2 amide bonds. The highest BCUT2D eigenvalue weighted by Gasteiger charge is 2.14. The monoisotopic (exact) mass is 350 g/mol. The van der Waals surface area contributed by atoms with E-state index in [-0.39, 0.29) is 13.0 Å². The number of carboxylic acid groups (broad SMARTS) is 1. The summed E-state index contributed by atoms with van der Waals surface area (Å²) in [5.74, 6) is -0.883. The second-order valence-corrected chi connectivity index (χ2v) is 5.51. The van der Waals surface area contributed by atoms with Crippen molar-refractivity contribution in [3.8, 4) is 5.69 Å². The molecular formula is C16H19ClN4O3. The molecule has 0 aliphatic carbocycles. The van der Waals surface area contributed by atoms with Gasteiger partial charge in [0.2, 0.25) is 0 Å². The predicted molar refractivity (Wildman–Crippen MR) is 91.8 cm³/mol. The van der Waals surface area contributed by atoms with Gasteiger partial charge in [-0.3, -0.25) is 4.79 Å². The zero-order chi connectivity index (χ0) is 17.5. The number of urea groups is 1. The van der Waals surface area contributed by atoms with Crippen molar-refractivity contribution in [2.24, 2.45) is 0 Å². The topological polar surface area (TPSA) is 96.2 Å². The van der Waals surface area contributed by atoms with Gasteiger partial charge in [-0.15, -0.1) is 0 Å².